The van der Waals surface area contributed by atoms with Crippen molar-refractivity contribution in [1.82, 2.24) is 0 Å². The van der Waals surface area contributed by atoms with Gasteiger partial charge in [0.1, 0.15) is 0 Å². The van der Waals surface area contributed by atoms with Crippen molar-refractivity contribution in [1.29, 1.82) is 0 Å². The quantitative estimate of drug-likeness (QED) is 0.177. The van der Waals surface area contributed by atoms with Crippen molar-refractivity contribution in [3.8, 4) is 44.5 Å². The molecule has 9 rings (SSSR count). The Morgan fingerprint density at radius 3 is 1.38 bits per heavy atom. The third-order valence-electron chi connectivity index (χ3n) is 9.72. The van der Waals surface area contributed by atoms with Crippen LogP contribution in [0.2, 0.25) is 0 Å². The van der Waals surface area contributed by atoms with E-state index in [0.717, 1.165) is 0 Å². The Morgan fingerprint density at radius 2 is 0.745 bits per heavy atom. The minimum absolute atomic E-state index is 1.21. The number of hydrogen-bond donors (Lipinski definition) is 0. The van der Waals surface area contributed by atoms with E-state index in [-0.39, 0.29) is 0 Å². The molecule has 9 aromatic rings. The second kappa shape index (κ2) is 11.1. The molecule has 0 heteroatoms. The monoisotopic (exact) mass is 596 g/mol. The summed E-state index contributed by atoms with van der Waals surface area (Å²) in [5.41, 5.74) is 11.3. The smallest absolute Gasteiger partial charge is 0.00199 e. The Hall–Kier alpha value is -5.98. The van der Waals surface area contributed by atoms with Gasteiger partial charge in [-0.2, -0.15) is 0 Å². The van der Waals surface area contributed by atoms with Gasteiger partial charge in [-0.25, -0.2) is 0 Å². The molecule has 0 bridgehead atoms. The van der Waals surface area contributed by atoms with Gasteiger partial charge in [-0.05, 0) is 107 Å². The maximum atomic E-state index is 2.41. The number of hydrogen-bond acceptors (Lipinski definition) is 0. The highest BCUT2D eigenvalue weighted by atomic mass is 14.2. The van der Waals surface area contributed by atoms with Crippen LogP contribution in [0.5, 0.6) is 0 Å². The van der Waals surface area contributed by atoms with Crippen LogP contribution < -0.4 is 0 Å². The highest BCUT2D eigenvalue weighted by molar-refractivity contribution is 6.23. The highest BCUT2D eigenvalue weighted by Crippen LogP contribution is 2.46. The van der Waals surface area contributed by atoms with Crippen LogP contribution >= 0.6 is 0 Å². The van der Waals surface area contributed by atoms with E-state index in [2.05, 4.69) is 183 Å². The van der Waals surface area contributed by atoms with Gasteiger partial charge in [-0.1, -0.05) is 169 Å². The molecule has 0 radical (unpaired) electrons. The van der Waals surface area contributed by atoms with Crippen molar-refractivity contribution in [2.45, 2.75) is 6.92 Å². The summed E-state index contributed by atoms with van der Waals surface area (Å²) in [6, 6.07) is 64.7. The molecule has 0 spiro atoms. The third kappa shape index (κ3) is 4.61. The molecule has 0 aliphatic carbocycles. The summed E-state index contributed by atoms with van der Waals surface area (Å²) in [7, 11) is 0. The van der Waals surface area contributed by atoms with Gasteiger partial charge < -0.3 is 0 Å². The van der Waals surface area contributed by atoms with E-state index in [0.29, 0.717) is 0 Å². The molecule has 0 heterocycles. The van der Waals surface area contributed by atoms with E-state index in [1.54, 1.807) is 0 Å². The predicted octanol–water partition coefficient (Wildman–Crippen LogP) is 13.3. The van der Waals surface area contributed by atoms with Crippen LogP contribution in [0.3, 0.4) is 0 Å². The predicted molar refractivity (Wildman–Crippen MR) is 203 cm³/mol. The zero-order chi connectivity index (χ0) is 31.3. The Morgan fingerprint density at radius 1 is 0.277 bits per heavy atom. The summed E-state index contributed by atoms with van der Waals surface area (Å²) in [5.74, 6) is 0. The number of aryl methyl sites for hydroxylation is 1. The first-order valence-corrected chi connectivity index (χ1v) is 16.4. The van der Waals surface area contributed by atoms with Crippen LogP contribution in [-0.4, -0.2) is 0 Å². The molecule has 0 N–H and O–H groups in total. The van der Waals surface area contributed by atoms with Gasteiger partial charge in [0.25, 0.3) is 0 Å². The summed E-state index contributed by atoms with van der Waals surface area (Å²) < 4.78 is 0. The van der Waals surface area contributed by atoms with Gasteiger partial charge in [-0.15, -0.1) is 0 Å². The lowest BCUT2D eigenvalue weighted by Crippen LogP contribution is -1.92. The maximum absolute atomic E-state index is 2.41. The van der Waals surface area contributed by atoms with Gasteiger partial charge >= 0.3 is 0 Å². The summed E-state index contributed by atoms with van der Waals surface area (Å²) >= 11 is 0. The summed E-state index contributed by atoms with van der Waals surface area (Å²) in [5, 5.41) is 10.2. The van der Waals surface area contributed by atoms with Crippen LogP contribution in [0.25, 0.3) is 87.6 Å². The summed E-state index contributed by atoms with van der Waals surface area (Å²) in [4.78, 5) is 0. The van der Waals surface area contributed by atoms with Crippen LogP contribution in [0.15, 0.2) is 176 Å². The fourth-order valence-electron chi connectivity index (χ4n) is 7.45. The Labute approximate surface area is 275 Å². The van der Waals surface area contributed by atoms with Gasteiger partial charge in [0.2, 0.25) is 0 Å². The number of rotatable bonds is 4. The minimum atomic E-state index is 1.21. The molecule has 220 valence electrons. The number of benzene rings is 9. The van der Waals surface area contributed by atoms with Crippen molar-refractivity contribution < 1.29 is 0 Å². The average Bonchev–Trinajstić information content (AvgIpc) is 3.14. The maximum Gasteiger partial charge on any atom is -0.00199 e. The van der Waals surface area contributed by atoms with Gasteiger partial charge in [0, 0.05) is 0 Å². The second-order valence-electron chi connectivity index (χ2n) is 12.6. The first kappa shape index (κ1) is 27.3. The second-order valence-corrected chi connectivity index (χ2v) is 12.6. The molecular formula is C47H32. The van der Waals surface area contributed by atoms with Crippen LogP contribution in [-0.2, 0) is 0 Å². The molecule has 0 atom stereocenters. The lowest BCUT2D eigenvalue weighted by molar-refractivity contribution is 1.47. The Kier molecular flexibility index (Phi) is 6.47. The molecule has 0 nitrogen and oxygen atoms in total. The van der Waals surface area contributed by atoms with Crippen molar-refractivity contribution in [3.63, 3.8) is 0 Å². The van der Waals surface area contributed by atoms with Crippen molar-refractivity contribution in [3.05, 3.63) is 181 Å². The molecule has 0 aliphatic rings. The molecule has 0 amide bonds. The summed E-state index contributed by atoms with van der Waals surface area (Å²) in [6.07, 6.45) is 0. The van der Waals surface area contributed by atoms with Crippen molar-refractivity contribution in [2.75, 3.05) is 0 Å². The van der Waals surface area contributed by atoms with Gasteiger partial charge in [0.05, 0.1) is 0 Å². The molecule has 0 unspecified atom stereocenters. The molecular weight excluding hydrogens is 565 g/mol. The zero-order valence-electron chi connectivity index (χ0n) is 26.2. The Balaban J connectivity index is 1.28. The van der Waals surface area contributed by atoms with E-state index in [4.69, 9.17) is 0 Å². The standard InChI is InChI=1S/C47H32/c1-31-21-23-35(24-22-31)46-41-16-6-8-18-43(41)47(44-19-9-7-17-42(44)46)45-30-37(29-36-12-3-5-15-40(36)45)32-25-27-34(28-26-32)39-20-10-13-33-11-2-4-14-38(33)39/h2-30H,1H3. The molecule has 0 aromatic heterocycles. The van der Waals surface area contributed by atoms with Crippen molar-refractivity contribution in [2.24, 2.45) is 0 Å². The van der Waals surface area contributed by atoms with Crippen LogP contribution in [0, 0.1) is 6.92 Å². The normalized spacial score (nSPS) is 11.5. The third-order valence-corrected chi connectivity index (χ3v) is 9.72. The van der Waals surface area contributed by atoms with E-state index < -0.39 is 0 Å². The summed E-state index contributed by atoms with van der Waals surface area (Å²) in [6.45, 7) is 2.15. The lowest BCUT2D eigenvalue weighted by atomic mass is 9.83. The van der Waals surface area contributed by atoms with Gasteiger partial charge in [-0.3, -0.25) is 0 Å². The minimum Gasteiger partial charge on any atom is -0.0616 e. The van der Waals surface area contributed by atoms with E-state index in [9.17, 15) is 0 Å². The number of fused-ring (bicyclic) bond motifs is 4. The molecule has 0 fully saturated rings. The first-order chi connectivity index (χ1) is 23.2. The molecule has 0 saturated carbocycles. The molecule has 0 saturated heterocycles. The van der Waals surface area contributed by atoms with Crippen molar-refractivity contribution >= 4 is 43.1 Å². The SMILES string of the molecule is Cc1ccc(-c2c3ccccc3c(-c3cc(-c4ccc(-c5cccc6ccccc56)cc4)cc4ccccc34)c3ccccc23)cc1. The highest BCUT2D eigenvalue weighted by Gasteiger charge is 2.19. The van der Waals surface area contributed by atoms with Crippen LogP contribution in [0.1, 0.15) is 5.56 Å². The fraction of sp³-hybridized carbons (Fsp3) is 0.0213. The first-order valence-electron chi connectivity index (χ1n) is 16.4. The lowest BCUT2D eigenvalue weighted by Gasteiger charge is -2.20. The molecule has 47 heavy (non-hydrogen) atoms. The Bertz CT molecular complexity index is 2540. The average molecular weight is 597 g/mol. The van der Waals surface area contributed by atoms with E-state index in [1.165, 1.54) is 93.2 Å². The molecule has 9 aromatic carbocycles. The topological polar surface area (TPSA) is 0 Å². The van der Waals surface area contributed by atoms with Gasteiger partial charge in [0.15, 0.2) is 0 Å². The van der Waals surface area contributed by atoms with E-state index in [1.807, 2.05) is 0 Å². The van der Waals surface area contributed by atoms with Crippen LogP contribution in [0.4, 0.5) is 0 Å². The van der Waals surface area contributed by atoms with E-state index >= 15 is 0 Å². The fourth-order valence-corrected chi connectivity index (χ4v) is 7.45. The largest absolute Gasteiger partial charge is 0.0616 e. The zero-order valence-corrected chi connectivity index (χ0v) is 26.2. The molecule has 0 aliphatic heterocycles.